The molecule has 3 N–H and O–H groups in total. The molecule has 0 aliphatic carbocycles. The lowest BCUT2D eigenvalue weighted by atomic mass is 10.0. The molecule has 0 radical (unpaired) electrons. The van der Waals surface area contributed by atoms with Crippen LogP contribution in [0.3, 0.4) is 0 Å². The van der Waals surface area contributed by atoms with Crippen molar-refractivity contribution in [2.24, 2.45) is 5.73 Å². The first-order chi connectivity index (χ1) is 8.16. The van der Waals surface area contributed by atoms with E-state index >= 15 is 0 Å². The van der Waals surface area contributed by atoms with Gasteiger partial charge in [-0.25, -0.2) is 0 Å². The maximum absolute atomic E-state index is 12.6. The Bertz CT molecular complexity index is 415. The predicted molar refractivity (Wildman–Crippen MR) is 61.6 cm³/mol. The Labute approximate surface area is 103 Å². The van der Waals surface area contributed by atoms with Crippen molar-refractivity contribution in [1.29, 1.82) is 0 Å². The third kappa shape index (κ3) is 3.01. The van der Waals surface area contributed by atoms with Gasteiger partial charge >= 0.3 is 6.18 Å². The average Bonchev–Trinajstić information content (AvgIpc) is 2.28. The highest BCUT2D eigenvalue weighted by Crippen LogP contribution is 2.28. The van der Waals surface area contributed by atoms with Gasteiger partial charge in [0.1, 0.15) is 0 Å². The van der Waals surface area contributed by atoms with Gasteiger partial charge in [0.05, 0.1) is 6.04 Å². The molecule has 0 aromatic heterocycles. The van der Waals surface area contributed by atoms with Crippen molar-refractivity contribution in [2.75, 3.05) is 0 Å². The summed E-state index contributed by atoms with van der Waals surface area (Å²) < 4.78 is 37.7. The lowest BCUT2D eigenvalue weighted by molar-refractivity contribution is -0.187. The Morgan fingerprint density at radius 2 is 1.78 bits per heavy atom. The minimum Gasteiger partial charge on any atom is -0.348 e. The first-order valence-corrected chi connectivity index (χ1v) is 5.38. The Balaban J connectivity index is 2.78. The number of hydrogen-bond donors (Lipinski definition) is 2. The van der Waals surface area contributed by atoms with E-state index in [1.54, 1.807) is 37.3 Å². The van der Waals surface area contributed by atoms with Crippen molar-refractivity contribution in [2.45, 2.75) is 31.6 Å². The first-order valence-electron chi connectivity index (χ1n) is 5.38. The van der Waals surface area contributed by atoms with Gasteiger partial charge in [0, 0.05) is 0 Å². The number of carbonyl (C=O) groups is 1. The molecular formula is C12H15F3N2O. The van der Waals surface area contributed by atoms with Crippen molar-refractivity contribution in [3.8, 4) is 0 Å². The second-order valence-corrected chi connectivity index (χ2v) is 4.31. The molecule has 3 nitrogen and oxygen atoms in total. The van der Waals surface area contributed by atoms with Gasteiger partial charge in [-0.1, -0.05) is 30.3 Å². The van der Waals surface area contributed by atoms with Crippen molar-refractivity contribution in [3.05, 3.63) is 35.9 Å². The number of benzene rings is 1. The molecule has 1 rings (SSSR count). The molecule has 0 aliphatic heterocycles. The van der Waals surface area contributed by atoms with Gasteiger partial charge in [-0.15, -0.1) is 0 Å². The third-order valence-electron chi connectivity index (χ3n) is 2.71. The number of nitrogens with one attached hydrogen (secondary N) is 1. The summed E-state index contributed by atoms with van der Waals surface area (Å²) >= 11 is 0. The number of alkyl halides is 3. The van der Waals surface area contributed by atoms with Gasteiger partial charge in [0.25, 0.3) is 0 Å². The quantitative estimate of drug-likeness (QED) is 0.874. The smallest absolute Gasteiger partial charge is 0.348 e. The second kappa shape index (κ2) is 4.97. The summed E-state index contributed by atoms with van der Waals surface area (Å²) in [6, 6.07) is 8.15. The largest absolute Gasteiger partial charge is 0.415 e. The summed E-state index contributed by atoms with van der Waals surface area (Å²) in [7, 11) is 0. The molecule has 1 aromatic rings. The number of amides is 1. The van der Waals surface area contributed by atoms with Gasteiger partial charge in [-0.3, -0.25) is 4.79 Å². The van der Waals surface area contributed by atoms with E-state index in [2.05, 4.69) is 5.32 Å². The van der Waals surface area contributed by atoms with Gasteiger partial charge < -0.3 is 11.1 Å². The lowest BCUT2D eigenvalue weighted by Crippen LogP contribution is -2.61. The van der Waals surface area contributed by atoms with Crippen LogP contribution in [0.5, 0.6) is 0 Å². The van der Waals surface area contributed by atoms with E-state index < -0.39 is 23.7 Å². The van der Waals surface area contributed by atoms with Crippen molar-refractivity contribution >= 4 is 5.91 Å². The average molecular weight is 260 g/mol. The molecule has 0 saturated carbocycles. The topological polar surface area (TPSA) is 55.1 Å². The van der Waals surface area contributed by atoms with Crippen LogP contribution in [0.15, 0.2) is 30.3 Å². The highest BCUT2D eigenvalue weighted by Gasteiger charge is 2.54. The van der Waals surface area contributed by atoms with Crippen LogP contribution in [0.4, 0.5) is 13.2 Å². The van der Waals surface area contributed by atoms with E-state index in [4.69, 9.17) is 5.73 Å². The molecule has 0 bridgehead atoms. The van der Waals surface area contributed by atoms with Gasteiger partial charge in [0.2, 0.25) is 5.91 Å². The molecule has 2 atom stereocenters. The van der Waals surface area contributed by atoms with Crippen molar-refractivity contribution in [1.82, 2.24) is 5.32 Å². The monoisotopic (exact) mass is 260 g/mol. The number of halogens is 3. The van der Waals surface area contributed by atoms with Crippen LogP contribution in [0.1, 0.15) is 25.5 Å². The fourth-order valence-electron chi connectivity index (χ4n) is 1.30. The maximum Gasteiger partial charge on any atom is 0.415 e. The molecule has 1 amide bonds. The number of nitrogens with two attached hydrogens (primary N) is 1. The lowest BCUT2D eigenvalue weighted by Gasteiger charge is -2.28. The maximum atomic E-state index is 12.6. The van der Waals surface area contributed by atoms with E-state index in [0.717, 1.165) is 0 Å². The first kappa shape index (κ1) is 14.5. The van der Waals surface area contributed by atoms with Crippen LogP contribution >= 0.6 is 0 Å². The highest BCUT2D eigenvalue weighted by atomic mass is 19.4. The van der Waals surface area contributed by atoms with Crippen LogP contribution in [0.25, 0.3) is 0 Å². The van der Waals surface area contributed by atoms with E-state index in [-0.39, 0.29) is 0 Å². The molecule has 0 aliphatic rings. The number of rotatable bonds is 3. The standard InChI is InChI=1S/C12H15F3N2O/c1-8(9-6-4-3-5-7-9)17-10(18)11(2,16)12(13,14)15/h3-8H,16H2,1-2H3,(H,17,18). The van der Waals surface area contributed by atoms with E-state index in [0.29, 0.717) is 12.5 Å². The molecule has 0 saturated heterocycles. The molecule has 100 valence electrons. The molecular weight excluding hydrogens is 245 g/mol. The molecule has 18 heavy (non-hydrogen) atoms. The number of hydrogen-bond acceptors (Lipinski definition) is 2. The summed E-state index contributed by atoms with van der Waals surface area (Å²) in [6.07, 6.45) is -4.78. The van der Waals surface area contributed by atoms with Crippen LogP contribution in [0, 0.1) is 0 Å². The Hall–Kier alpha value is -1.56. The fraction of sp³-hybridized carbons (Fsp3) is 0.417. The summed E-state index contributed by atoms with van der Waals surface area (Å²) in [6.45, 7) is 2.25. The second-order valence-electron chi connectivity index (χ2n) is 4.31. The summed E-state index contributed by atoms with van der Waals surface area (Å²) in [5, 5.41) is 2.26. The summed E-state index contributed by atoms with van der Waals surface area (Å²) in [4.78, 5) is 11.5. The molecule has 2 unspecified atom stereocenters. The zero-order chi connectivity index (χ0) is 14.0. The Morgan fingerprint density at radius 1 is 1.28 bits per heavy atom. The van der Waals surface area contributed by atoms with E-state index in [1.165, 1.54) is 0 Å². The van der Waals surface area contributed by atoms with E-state index in [1.807, 2.05) is 0 Å². The minimum atomic E-state index is -4.78. The SMILES string of the molecule is CC(NC(=O)C(C)(N)C(F)(F)F)c1ccccc1. The fourth-order valence-corrected chi connectivity index (χ4v) is 1.30. The van der Waals surface area contributed by atoms with Gasteiger partial charge in [0.15, 0.2) is 5.54 Å². The van der Waals surface area contributed by atoms with E-state index in [9.17, 15) is 18.0 Å². The van der Waals surface area contributed by atoms with Crippen LogP contribution in [-0.4, -0.2) is 17.6 Å². The van der Waals surface area contributed by atoms with Crippen LogP contribution in [0.2, 0.25) is 0 Å². The zero-order valence-electron chi connectivity index (χ0n) is 10.1. The van der Waals surface area contributed by atoms with Gasteiger partial charge in [-0.2, -0.15) is 13.2 Å². The predicted octanol–water partition coefficient (Wildman–Crippen LogP) is 2.14. The normalized spacial score (nSPS) is 16.8. The Kier molecular flexibility index (Phi) is 4.01. The number of carbonyl (C=O) groups excluding carboxylic acids is 1. The molecule has 0 spiro atoms. The molecule has 0 heterocycles. The minimum absolute atomic E-state index is 0.538. The summed E-state index contributed by atoms with van der Waals surface area (Å²) in [5.74, 6) is -1.24. The summed E-state index contributed by atoms with van der Waals surface area (Å²) in [5.41, 5.74) is 2.85. The molecule has 0 fully saturated rings. The third-order valence-corrected chi connectivity index (χ3v) is 2.71. The molecule has 1 aromatic carbocycles. The van der Waals surface area contributed by atoms with Crippen LogP contribution in [-0.2, 0) is 4.79 Å². The van der Waals surface area contributed by atoms with Crippen molar-refractivity contribution in [3.63, 3.8) is 0 Å². The van der Waals surface area contributed by atoms with Crippen molar-refractivity contribution < 1.29 is 18.0 Å². The van der Waals surface area contributed by atoms with Crippen LogP contribution < -0.4 is 11.1 Å². The highest BCUT2D eigenvalue weighted by molar-refractivity contribution is 5.86. The zero-order valence-corrected chi connectivity index (χ0v) is 10.1. The van der Waals surface area contributed by atoms with Gasteiger partial charge in [-0.05, 0) is 19.4 Å². The Morgan fingerprint density at radius 3 is 2.22 bits per heavy atom. The molecule has 6 heteroatoms.